The monoisotopic (exact) mass is 751 g/mol. The second kappa shape index (κ2) is 38.5. The lowest BCUT2D eigenvalue weighted by Gasteiger charge is -2.19. The molecule has 2 atom stereocenters. The van der Waals surface area contributed by atoms with Crippen LogP contribution in [-0.4, -0.2) is 43.3 Å². The molecule has 8 nitrogen and oxygen atoms in total. The lowest BCUT2D eigenvalue weighted by atomic mass is 10.1. The number of esters is 2. The smallest absolute Gasteiger partial charge is 0.462 e. The Bertz CT molecular complexity index is 1030. The van der Waals surface area contributed by atoms with Crippen LogP contribution in [-0.2, 0) is 32.7 Å². The second-order valence-electron chi connectivity index (χ2n) is 13.4. The maximum absolute atomic E-state index is 12.5. The molecule has 0 aromatic carbocycles. The van der Waals surface area contributed by atoms with Crippen molar-refractivity contribution in [2.45, 2.75) is 180 Å². The van der Waals surface area contributed by atoms with Gasteiger partial charge < -0.3 is 14.4 Å². The molecule has 0 aromatic heterocycles. The zero-order valence-corrected chi connectivity index (χ0v) is 34.1. The highest BCUT2D eigenvalue weighted by molar-refractivity contribution is 7.47. The molecule has 0 fully saturated rings. The number of unbranched alkanes of at least 4 members (excludes halogenated alkanes) is 16. The Balaban J connectivity index is 4.07. The summed E-state index contributed by atoms with van der Waals surface area (Å²) in [7, 11) is -3.21. The first-order valence-corrected chi connectivity index (χ1v) is 22.0. The maximum Gasteiger partial charge on any atom is 0.472 e. The van der Waals surface area contributed by atoms with Gasteiger partial charge in [0.15, 0.2) is 6.10 Å². The Kier molecular flexibility index (Phi) is 36.8. The van der Waals surface area contributed by atoms with E-state index >= 15 is 0 Å². The molecule has 0 rings (SSSR count). The van der Waals surface area contributed by atoms with Gasteiger partial charge in [0.05, 0.1) is 6.61 Å². The second-order valence-corrected chi connectivity index (χ2v) is 14.9. The van der Waals surface area contributed by atoms with Crippen molar-refractivity contribution >= 4 is 19.8 Å². The molecule has 0 bridgehead atoms. The van der Waals surface area contributed by atoms with Gasteiger partial charge in [-0.15, -0.1) is 0 Å². The van der Waals surface area contributed by atoms with Crippen LogP contribution in [0.4, 0.5) is 0 Å². The fourth-order valence-electron chi connectivity index (χ4n) is 5.35. The highest BCUT2D eigenvalue weighted by Gasteiger charge is 2.24. The van der Waals surface area contributed by atoms with Crippen LogP contribution in [0.25, 0.3) is 0 Å². The van der Waals surface area contributed by atoms with Crippen molar-refractivity contribution in [1.29, 1.82) is 0 Å². The van der Waals surface area contributed by atoms with Crippen LogP contribution >= 0.6 is 7.82 Å². The molecule has 0 saturated carbocycles. The number of carbonyl (C=O) groups excluding carboxylic acids is 2. The van der Waals surface area contributed by atoms with Crippen LogP contribution in [0.3, 0.4) is 0 Å². The minimum Gasteiger partial charge on any atom is -0.462 e. The fraction of sp³-hybridized carbons (Fsp3) is 0.721. The van der Waals surface area contributed by atoms with Crippen LogP contribution in [0.2, 0.25) is 0 Å². The molecule has 52 heavy (non-hydrogen) atoms. The van der Waals surface area contributed by atoms with E-state index < -0.39 is 26.5 Å². The van der Waals surface area contributed by atoms with Gasteiger partial charge in [0.2, 0.25) is 0 Å². The highest BCUT2D eigenvalue weighted by atomic mass is 31.2. The summed E-state index contributed by atoms with van der Waals surface area (Å²) in [5.41, 5.74) is 0. The largest absolute Gasteiger partial charge is 0.472 e. The third kappa shape index (κ3) is 37.5. The molecule has 0 aliphatic carbocycles. The van der Waals surface area contributed by atoms with E-state index in [1.807, 2.05) is 0 Å². The number of hydrogen-bond acceptors (Lipinski definition) is 7. The van der Waals surface area contributed by atoms with Gasteiger partial charge in [0.1, 0.15) is 6.61 Å². The van der Waals surface area contributed by atoms with E-state index in [1.165, 1.54) is 38.5 Å². The summed E-state index contributed by atoms with van der Waals surface area (Å²) in [4.78, 5) is 34.4. The predicted molar refractivity (Wildman–Crippen MR) is 216 cm³/mol. The molecule has 0 amide bonds. The molecule has 0 saturated heterocycles. The zero-order valence-electron chi connectivity index (χ0n) is 33.2. The number of hydrogen-bond donors (Lipinski definition) is 1. The first-order valence-electron chi connectivity index (χ1n) is 20.5. The Morgan fingerprint density at radius 1 is 0.558 bits per heavy atom. The molecule has 2 unspecified atom stereocenters. The van der Waals surface area contributed by atoms with Crippen molar-refractivity contribution in [3.8, 4) is 0 Å². The number of phosphoric acid groups is 1. The standard InChI is InChI=1S/C43H75O8P/c1-4-6-8-10-12-14-16-18-20-21-22-23-24-26-28-30-32-34-36-38-43(45)51-41(40-50-52(46,47)48-3)39-49-42(44)37-35-33-31-29-27-25-19-17-15-13-11-9-7-5-2/h6,8,12,14,17-20,22-23,41H,4-5,7,9-11,13,15-16,21,24-40H2,1-3H3,(H,46,47)/b8-6-,14-12-,19-17-,20-18-,23-22-. The quantitative estimate of drug-likeness (QED) is 0.0289. The minimum atomic E-state index is -4.27. The molecule has 300 valence electrons. The van der Waals surface area contributed by atoms with Gasteiger partial charge in [-0.25, -0.2) is 4.57 Å². The van der Waals surface area contributed by atoms with E-state index in [2.05, 4.69) is 79.1 Å². The third-order valence-electron chi connectivity index (χ3n) is 8.50. The molecule has 0 heterocycles. The molecule has 0 aromatic rings. The summed E-state index contributed by atoms with van der Waals surface area (Å²) in [6.45, 7) is 3.74. The minimum absolute atomic E-state index is 0.225. The Hall–Kier alpha value is -2.25. The van der Waals surface area contributed by atoms with Gasteiger partial charge >= 0.3 is 19.8 Å². The average molecular weight is 751 g/mol. The van der Waals surface area contributed by atoms with E-state index in [9.17, 15) is 19.0 Å². The molecule has 9 heteroatoms. The Morgan fingerprint density at radius 2 is 0.981 bits per heavy atom. The van der Waals surface area contributed by atoms with E-state index in [4.69, 9.17) is 14.0 Å². The van der Waals surface area contributed by atoms with E-state index in [0.29, 0.717) is 6.42 Å². The van der Waals surface area contributed by atoms with Gasteiger partial charge in [-0.1, -0.05) is 145 Å². The summed E-state index contributed by atoms with van der Waals surface area (Å²) in [6.07, 6.45) is 46.9. The predicted octanol–water partition coefficient (Wildman–Crippen LogP) is 12.8. The number of ether oxygens (including phenoxy) is 2. The molecule has 0 radical (unpaired) electrons. The summed E-state index contributed by atoms with van der Waals surface area (Å²) in [5.74, 6) is -0.833. The molecule has 0 aliphatic heterocycles. The van der Waals surface area contributed by atoms with Gasteiger partial charge in [-0.05, 0) is 77.0 Å². The van der Waals surface area contributed by atoms with Crippen molar-refractivity contribution < 1.29 is 37.6 Å². The van der Waals surface area contributed by atoms with Crippen LogP contribution in [0.1, 0.15) is 174 Å². The number of rotatable bonds is 37. The van der Waals surface area contributed by atoms with E-state index in [0.717, 1.165) is 110 Å². The normalized spacial score (nSPS) is 14.0. The maximum atomic E-state index is 12.5. The van der Waals surface area contributed by atoms with Crippen LogP contribution in [0.5, 0.6) is 0 Å². The summed E-state index contributed by atoms with van der Waals surface area (Å²) >= 11 is 0. The van der Waals surface area contributed by atoms with E-state index in [1.54, 1.807) is 0 Å². The molecule has 0 aliphatic rings. The summed E-state index contributed by atoms with van der Waals surface area (Å²) in [5, 5.41) is 0. The van der Waals surface area contributed by atoms with Crippen molar-refractivity contribution in [1.82, 2.24) is 0 Å². The van der Waals surface area contributed by atoms with E-state index in [-0.39, 0.29) is 25.4 Å². The Morgan fingerprint density at radius 3 is 1.48 bits per heavy atom. The van der Waals surface area contributed by atoms with Gasteiger partial charge in [0, 0.05) is 20.0 Å². The highest BCUT2D eigenvalue weighted by Crippen LogP contribution is 2.42. The van der Waals surface area contributed by atoms with Crippen LogP contribution in [0, 0.1) is 0 Å². The van der Waals surface area contributed by atoms with Gasteiger partial charge in [0.25, 0.3) is 0 Å². The lowest BCUT2D eigenvalue weighted by Crippen LogP contribution is -2.29. The SMILES string of the molecule is CC/C=C\C/C=C\C/C=C\C/C=C\CCCCCCCCC(=O)OC(COC(=O)CCCCCCC/C=C\CCCCCCC)COP(=O)(O)OC. The molecular weight excluding hydrogens is 675 g/mol. The molecular formula is C43H75O8P. The van der Waals surface area contributed by atoms with Gasteiger partial charge in [-0.2, -0.15) is 0 Å². The summed E-state index contributed by atoms with van der Waals surface area (Å²) in [6, 6.07) is 0. The lowest BCUT2D eigenvalue weighted by molar-refractivity contribution is -0.161. The van der Waals surface area contributed by atoms with Crippen molar-refractivity contribution in [2.24, 2.45) is 0 Å². The average Bonchev–Trinajstić information content (AvgIpc) is 3.13. The summed E-state index contributed by atoms with van der Waals surface area (Å²) < 4.78 is 31.9. The molecule has 1 N–H and O–H groups in total. The van der Waals surface area contributed by atoms with Crippen LogP contribution in [0.15, 0.2) is 60.8 Å². The Labute approximate surface area is 318 Å². The first-order chi connectivity index (χ1) is 25.3. The third-order valence-corrected chi connectivity index (χ3v) is 9.43. The topological polar surface area (TPSA) is 108 Å². The number of phosphoric ester groups is 1. The molecule has 0 spiro atoms. The van der Waals surface area contributed by atoms with Crippen molar-refractivity contribution in [2.75, 3.05) is 20.3 Å². The first kappa shape index (κ1) is 49.8. The number of allylic oxidation sites excluding steroid dienone is 10. The van der Waals surface area contributed by atoms with Crippen LogP contribution < -0.4 is 0 Å². The number of carbonyl (C=O) groups is 2. The van der Waals surface area contributed by atoms with Crippen molar-refractivity contribution in [3.05, 3.63) is 60.8 Å². The zero-order chi connectivity index (χ0) is 38.2. The fourth-order valence-corrected chi connectivity index (χ4v) is 5.81. The van der Waals surface area contributed by atoms with Gasteiger partial charge in [-0.3, -0.25) is 18.6 Å². The van der Waals surface area contributed by atoms with Crippen molar-refractivity contribution in [3.63, 3.8) is 0 Å².